The molecule has 2 atom stereocenters. The summed E-state index contributed by atoms with van der Waals surface area (Å²) in [6, 6.07) is 7.14. The van der Waals surface area contributed by atoms with Gasteiger partial charge in [0, 0.05) is 25.8 Å². The minimum absolute atomic E-state index is 0.0686. The van der Waals surface area contributed by atoms with Crippen LogP contribution in [0, 0.1) is 0 Å². The molecular formula is C18H23N3O4. The van der Waals surface area contributed by atoms with Crippen LogP contribution in [0.3, 0.4) is 0 Å². The Bertz CT molecular complexity index is 723. The monoisotopic (exact) mass is 345 g/mol. The standard InChI is InChI=1S/C18H23N3O4/c1-18(2,3)24-17(22)21-11-12(23-4)9-15(21)16-10-14(20-25-16)13-7-5-6-8-19-13/h5-8,10,12,15H,9,11H2,1-4H3/t12-,15+/m1/s1. The molecule has 7 nitrogen and oxygen atoms in total. The number of methoxy groups -OCH3 is 1. The normalized spacial score (nSPS) is 20.7. The average Bonchev–Trinajstić information content (AvgIpc) is 3.21. The number of pyridine rings is 1. The van der Waals surface area contributed by atoms with Crippen molar-refractivity contribution in [3.8, 4) is 11.4 Å². The Morgan fingerprint density at radius 3 is 2.76 bits per heavy atom. The van der Waals surface area contributed by atoms with Crippen LogP contribution in [0.15, 0.2) is 35.0 Å². The van der Waals surface area contributed by atoms with E-state index in [9.17, 15) is 4.79 Å². The van der Waals surface area contributed by atoms with Crippen molar-refractivity contribution in [2.24, 2.45) is 0 Å². The highest BCUT2D eigenvalue weighted by atomic mass is 16.6. The van der Waals surface area contributed by atoms with Gasteiger partial charge in [-0.3, -0.25) is 9.88 Å². The van der Waals surface area contributed by atoms with Crippen molar-refractivity contribution in [2.75, 3.05) is 13.7 Å². The topological polar surface area (TPSA) is 77.7 Å². The van der Waals surface area contributed by atoms with Gasteiger partial charge in [-0.2, -0.15) is 0 Å². The molecule has 7 heteroatoms. The Hall–Kier alpha value is -2.41. The number of aromatic nitrogens is 2. The summed E-state index contributed by atoms with van der Waals surface area (Å²) in [4.78, 5) is 18.5. The van der Waals surface area contributed by atoms with Gasteiger partial charge >= 0.3 is 6.09 Å². The van der Waals surface area contributed by atoms with Gasteiger partial charge < -0.3 is 14.0 Å². The molecule has 0 saturated carbocycles. The zero-order chi connectivity index (χ0) is 18.0. The van der Waals surface area contributed by atoms with Gasteiger partial charge in [-0.05, 0) is 32.9 Å². The van der Waals surface area contributed by atoms with E-state index >= 15 is 0 Å². The summed E-state index contributed by atoms with van der Waals surface area (Å²) in [5.41, 5.74) is 0.802. The van der Waals surface area contributed by atoms with Crippen molar-refractivity contribution >= 4 is 6.09 Å². The van der Waals surface area contributed by atoms with Crippen molar-refractivity contribution in [2.45, 2.75) is 44.9 Å². The van der Waals surface area contributed by atoms with Crippen LogP contribution in [-0.2, 0) is 9.47 Å². The lowest BCUT2D eigenvalue weighted by atomic mass is 10.1. The molecule has 0 radical (unpaired) electrons. The van der Waals surface area contributed by atoms with Crippen LogP contribution < -0.4 is 0 Å². The number of carbonyl (C=O) groups is 1. The predicted molar refractivity (Wildman–Crippen MR) is 90.8 cm³/mol. The summed E-state index contributed by atoms with van der Waals surface area (Å²) in [6.07, 6.45) is 1.88. The third-order valence-corrected chi connectivity index (χ3v) is 4.01. The molecule has 1 saturated heterocycles. The van der Waals surface area contributed by atoms with Gasteiger partial charge in [0.25, 0.3) is 0 Å². The minimum Gasteiger partial charge on any atom is -0.444 e. The molecule has 2 aromatic rings. The number of rotatable bonds is 3. The van der Waals surface area contributed by atoms with Crippen molar-refractivity contribution in [1.29, 1.82) is 0 Å². The van der Waals surface area contributed by atoms with E-state index in [4.69, 9.17) is 14.0 Å². The molecule has 0 N–H and O–H groups in total. The first-order valence-corrected chi connectivity index (χ1v) is 8.28. The van der Waals surface area contributed by atoms with E-state index in [1.165, 1.54) is 0 Å². The number of hydrogen-bond acceptors (Lipinski definition) is 6. The van der Waals surface area contributed by atoms with Crippen molar-refractivity contribution in [3.63, 3.8) is 0 Å². The van der Waals surface area contributed by atoms with Crippen LogP contribution in [-0.4, -0.2) is 46.5 Å². The summed E-state index contributed by atoms with van der Waals surface area (Å²) in [5, 5.41) is 4.09. The minimum atomic E-state index is -0.562. The number of amides is 1. The summed E-state index contributed by atoms with van der Waals surface area (Å²) in [5.74, 6) is 0.603. The molecule has 3 rings (SSSR count). The molecule has 25 heavy (non-hydrogen) atoms. The Labute approximate surface area is 146 Å². The number of likely N-dealkylation sites (tertiary alicyclic amines) is 1. The maximum absolute atomic E-state index is 12.6. The maximum Gasteiger partial charge on any atom is 0.411 e. The van der Waals surface area contributed by atoms with E-state index < -0.39 is 5.60 Å². The molecule has 3 heterocycles. The van der Waals surface area contributed by atoms with Crippen LogP contribution in [0.5, 0.6) is 0 Å². The Morgan fingerprint density at radius 2 is 2.12 bits per heavy atom. The molecule has 1 aliphatic heterocycles. The lowest BCUT2D eigenvalue weighted by molar-refractivity contribution is 0.0178. The highest BCUT2D eigenvalue weighted by Crippen LogP contribution is 2.35. The molecule has 1 amide bonds. The second kappa shape index (κ2) is 6.84. The first-order valence-electron chi connectivity index (χ1n) is 8.28. The molecule has 1 fully saturated rings. The summed E-state index contributed by atoms with van der Waals surface area (Å²) < 4.78 is 16.5. The largest absolute Gasteiger partial charge is 0.444 e. The Balaban J connectivity index is 1.83. The SMILES string of the molecule is CO[C@@H]1C[C@@H](c2cc(-c3ccccn3)no2)N(C(=O)OC(C)(C)C)C1. The van der Waals surface area contributed by atoms with Crippen LogP contribution in [0.4, 0.5) is 4.79 Å². The summed E-state index contributed by atoms with van der Waals surface area (Å²) in [7, 11) is 1.64. The fourth-order valence-electron chi connectivity index (χ4n) is 2.84. The molecule has 0 unspecified atom stereocenters. The lowest BCUT2D eigenvalue weighted by Crippen LogP contribution is -2.37. The quantitative estimate of drug-likeness (QED) is 0.848. The highest BCUT2D eigenvalue weighted by Gasteiger charge is 2.40. The van der Waals surface area contributed by atoms with Crippen LogP contribution in [0.25, 0.3) is 11.4 Å². The van der Waals surface area contributed by atoms with Gasteiger partial charge in [-0.25, -0.2) is 4.79 Å². The van der Waals surface area contributed by atoms with Crippen molar-refractivity contribution in [3.05, 3.63) is 36.2 Å². The molecular weight excluding hydrogens is 322 g/mol. The molecule has 0 bridgehead atoms. The van der Waals surface area contributed by atoms with Crippen LogP contribution in [0.1, 0.15) is 39.0 Å². The predicted octanol–water partition coefficient (Wildman–Crippen LogP) is 3.43. The van der Waals surface area contributed by atoms with Gasteiger partial charge in [0.05, 0.1) is 24.4 Å². The molecule has 0 spiro atoms. The fourth-order valence-corrected chi connectivity index (χ4v) is 2.84. The molecule has 2 aromatic heterocycles. The van der Waals surface area contributed by atoms with Crippen LogP contribution >= 0.6 is 0 Å². The van der Waals surface area contributed by atoms with E-state index in [1.807, 2.05) is 45.0 Å². The van der Waals surface area contributed by atoms with Gasteiger partial charge in [0.15, 0.2) is 5.76 Å². The number of nitrogens with zero attached hydrogens (tertiary/aromatic N) is 3. The lowest BCUT2D eigenvalue weighted by Gasteiger charge is -2.27. The van der Waals surface area contributed by atoms with Crippen LogP contribution in [0.2, 0.25) is 0 Å². The van der Waals surface area contributed by atoms with E-state index in [2.05, 4.69) is 10.1 Å². The Morgan fingerprint density at radius 1 is 1.32 bits per heavy atom. The smallest absolute Gasteiger partial charge is 0.411 e. The second-order valence-electron chi connectivity index (χ2n) is 7.07. The van der Waals surface area contributed by atoms with Crippen molar-refractivity contribution in [1.82, 2.24) is 15.0 Å². The fraction of sp³-hybridized carbons (Fsp3) is 0.500. The first kappa shape index (κ1) is 17.4. The van der Waals surface area contributed by atoms with E-state index in [1.54, 1.807) is 18.2 Å². The second-order valence-corrected chi connectivity index (χ2v) is 7.07. The number of ether oxygens (including phenoxy) is 2. The average molecular weight is 345 g/mol. The van der Waals surface area contributed by atoms with E-state index in [-0.39, 0.29) is 18.2 Å². The van der Waals surface area contributed by atoms with E-state index in [0.717, 1.165) is 5.69 Å². The number of hydrogen-bond donors (Lipinski definition) is 0. The van der Waals surface area contributed by atoms with E-state index in [0.29, 0.717) is 24.4 Å². The van der Waals surface area contributed by atoms with Gasteiger partial charge in [-0.1, -0.05) is 11.2 Å². The Kier molecular flexibility index (Phi) is 4.76. The third-order valence-electron chi connectivity index (χ3n) is 4.01. The number of carbonyl (C=O) groups excluding carboxylic acids is 1. The zero-order valence-electron chi connectivity index (χ0n) is 14.9. The molecule has 1 aliphatic rings. The summed E-state index contributed by atoms with van der Waals surface area (Å²) >= 11 is 0. The molecule has 0 aromatic carbocycles. The van der Waals surface area contributed by atoms with Gasteiger partial charge in [0.2, 0.25) is 0 Å². The molecule has 0 aliphatic carbocycles. The molecule has 134 valence electrons. The van der Waals surface area contributed by atoms with Crippen molar-refractivity contribution < 1.29 is 18.8 Å². The summed E-state index contributed by atoms with van der Waals surface area (Å²) in [6.45, 7) is 5.99. The van der Waals surface area contributed by atoms with Gasteiger partial charge in [-0.15, -0.1) is 0 Å². The zero-order valence-corrected chi connectivity index (χ0v) is 14.9. The first-order chi connectivity index (χ1) is 11.9. The highest BCUT2D eigenvalue weighted by molar-refractivity contribution is 5.69. The maximum atomic E-state index is 12.6. The third kappa shape index (κ3) is 3.99. The van der Waals surface area contributed by atoms with Gasteiger partial charge in [0.1, 0.15) is 11.3 Å².